The summed E-state index contributed by atoms with van der Waals surface area (Å²) in [5, 5.41) is 11.6. The number of ether oxygens (including phenoxy) is 3. The van der Waals surface area contributed by atoms with Crippen LogP contribution in [0.3, 0.4) is 0 Å². The zero-order chi connectivity index (χ0) is 29.7. The van der Waals surface area contributed by atoms with Gasteiger partial charge in [-0.3, -0.25) is 19.5 Å². The quantitative estimate of drug-likeness (QED) is 0.144. The molecule has 1 atom stereocenters. The van der Waals surface area contributed by atoms with Crippen LogP contribution in [-0.4, -0.2) is 35.8 Å². The minimum absolute atomic E-state index is 0.0175. The summed E-state index contributed by atoms with van der Waals surface area (Å²) in [6, 6.07) is 10.5. The molecule has 2 aromatic carbocycles. The normalized spacial score (nSPS) is 14.9. The second-order valence-electron chi connectivity index (χ2n) is 9.73. The summed E-state index contributed by atoms with van der Waals surface area (Å²) in [5.74, 6) is 0.815. The number of nitro benzene ring substituents is 1. The van der Waals surface area contributed by atoms with E-state index in [0.717, 1.165) is 17.8 Å². The topological polar surface area (TPSA) is 122 Å². The number of fused-ring (bicyclic) bond motifs is 1. The Balaban J connectivity index is 1.90. The van der Waals surface area contributed by atoms with E-state index < -0.39 is 22.5 Å². The maximum absolute atomic E-state index is 13.9. The van der Waals surface area contributed by atoms with Crippen LogP contribution in [0.4, 0.5) is 5.69 Å². The number of thiazole rings is 1. The first-order chi connectivity index (χ1) is 19.7. The predicted molar refractivity (Wildman–Crippen MR) is 156 cm³/mol. The lowest BCUT2D eigenvalue weighted by Crippen LogP contribution is -2.40. The molecule has 3 aromatic rings. The Morgan fingerprint density at radius 1 is 1.24 bits per heavy atom. The third kappa shape index (κ3) is 6.30. The van der Waals surface area contributed by atoms with Crippen molar-refractivity contribution in [2.24, 2.45) is 10.9 Å². The van der Waals surface area contributed by atoms with E-state index >= 15 is 0 Å². The number of methoxy groups -OCH3 is 1. The number of hydrogen-bond donors (Lipinski definition) is 0. The lowest BCUT2D eigenvalue weighted by molar-refractivity contribution is -0.385. The molecule has 1 aliphatic heterocycles. The molecule has 11 heteroatoms. The lowest BCUT2D eigenvalue weighted by Gasteiger charge is -2.25. The van der Waals surface area contributed by atoms with Crippen LogP contribution in [0, 0.1) is 16.0 Å². The van der Waals surface area contributed by atoms with Gasteiger partial charge in [0, 0.05) is 6.07 Å². The van der Waals surface area contributed by atoms with Crippen LogP contribution >= 0.6 is 11.3 Å². The molecule has 0 aliphatic carbocycles. The highest BCUT2D eigenvalue weighted by Crippen LogP contribution is 2.36. The van der Waals surface area contributed by atoms with Crippen LogP contribution in [0.2, 0.25) is 0 Å². The van der Waals surface area contributed by atoms with Gasteiger partial charge in [-0.25, -0.2) is 9.79 Å². The van der Waals surface area contributed by atoms with Crippen molar-refractivity contribution >= 4 is 29.1 Å². The Bertz CT molecular complexity index is 1700. The van der Waals surface area contributed by atoms with Crippen molar-refractivity contribution in [3.63, 3.8) is 0 Å². The van der Waals surface area contributed by atoms with Crippen LogP contribution in [0.5, 0.6) is 11.5 Å². The average Bonchev–Trinajstić information content (AvgIpc) is 3.25. The van der Waals surface area contributed by atoms with E-state index in [0.29, 0.717) is 40.1 Å². The molecule has 0 bridgehead atoms. The number of benzene rings is 2. The van der Waals surface area contributed by atoms with Crippen LogP contribution in [-0.2, 0) is 9.53 Å². The van der Waals surface area contributed by atoms with Gasteiger partial charge in [0.25, 0.3) is 11.2 Å². The average molecular weight is 578 g/mol. The summed E-state index contributed by atoms with van der Waals surface area (Å²) in [7, 11) is 1.52. The maximum atomic E-state index is 13.9. The van der Waals surface area contributed by atoms with E-state index in [9.17, 15) is 19.7 Å². The first-order valence-electron chi connectivity index (χ1n) is 13.0. The van der Waals surface area contributed by atoms with E-state index in [-0.39, 0.29) is 28.0 Å². The smallest absolute Gasteiger partial charge is 0.338 e. The minimum Gasteiger partial charge on any atom is -0.493 e. The number of hydrogen-bond acceptors (Lipinski definition) is 9. The first-order valence-corrected chi connectivity index (χ1v) is 13.8. The van der Waals surface area contributed by atoms with E-state index in [1.165, 1.54) is 29.9 Å². The van der Waals surface area contributed by atoms with Crippen molar-refractivity contribution in [2.45, 2.75) is 33.2 Å². The molecule has 1 aliphatic rings. The Morgan fingerprint density at radius 3 is 2.68 bits per heavy atom. The third-order valence-electron chi connectivity index (χ3n) is 6.45. The Labute approximate surface area is 240 Å². The standard InChI is InChI=1S/C30H31N3O7S/c1-6-14-40-29(35)26-19(4)31-30-32(28(34)25(41-30)17-20-9-7-8-10-22(20)33(36)37)27(26)21-11-12-23(24(16-21)38-5)39-15-13-18(2)3/h6-12,16-18,27H,1,13-15H2,2-5H3. The van der Waals surface area contributed by atoms with Gasteiger partial charge in [-0.1, -0.05) is 56.0 Å². The highest BCUT2D eigenvalue weighted by atomic mass is 32.1. The Hall–Kier alpha value is -4.51. The van der Waals surface area contributed by atoms with Gasteiger partial charge in [0.15, 0.2) is 16.3 Å². The monoisotopic (exact) mass is 577 g/mol. The highest BCUT2D eigenvalue weighted by Gasteiger charge is 2.34. The van der Waals surface area contributed by atoms with E-state index in [1.54, 1.807) is 43.3 Å². The van der Waals surface area contributed by atoms with Crippen molar-refractivity contribution in [3.8, 4) is 11.5 Å². The zero-order valence-corrected chi connectivity index (χ0v) is 24.1. The van der Waals surface area contributed by atoms with Gasteiger partial charge in [0.2, 0.25) is 0 Å². The molecule has 0 saturated carbocycles. The Kier molecular flexibility index (Phi) is 9.18. The van der Waals surface area contributed by atoms with Gasteiger partial charge in [-0.05, 0) is 49.1 Å². The molecule has 0 radical (unpaired) electrons. The number of carbonyl (C=O) groups excluding carboxylic acids is 1. The van der Waals surface area contributed by atoms with Gasteiger partial charge in [-0.15, -0.1) is 0 Å². The zero-order valence-electron chi connectivity index (χ0n) is 23.3. The molecule has 10 nitrogen and oxygen atoms in total. The number of allylic oxidation sites excluding steroid dienone is 1. The second-order valence-corrected chi connectivity index (χ2v) is 10.7. The fourth-order valence-corrected chi connectivity index (χ4v) is 5.44. The number of esters is 1. The van der Waals surface area contributed by atoms with Crippen molar-refractivity contribution in [1.29, 1.82) is 0 Å². The first kappa shape index (κ1) is 29.5. The SMILES string of the molecule is C=CCOC(=O)C1=C(C)N=c2sc(=Cc3ccccc3[N+](=O)[O-])c(=O)n2C1c1ccc(OCCC(C)C)c(OC)c1. The third-order valence-corrected chi connectivity index (χ3v) is 7.43. The van der Waals surface area contributed by atoms with Gasteiger partial charge < -0.3 is 14.2 Å². The molecular weight excluding hydrogens is 546 g/mol. The van der Waals surface area contributed by atoms with Crippen molar-refractivity contribution in [3.05, 3.63) is 107 Å². The summed E-state index contributed by atoms with van der Waals surface area (Å²) in [4.78, 5) is 43.1. The van der Waals surface area contributed by atoms with E-state index in [4.69, 9.17) is 14.2 Å². The summed E-state index contributed by atoms with van der Waals surface area (Å²) >= 11 is 1.09. The number of para-hydroxylation sites is 1. The molecule has 4 rings (SSSR count). The van der Waals surface area contributed by atoms with Crippen molar-refractivity contribution < 1.29 is 23.9 Å². The minimum atomic E-state index is -0.893. The summed E-state index contributed by atoms with van der Waals surface area (Å²) < 4.78 is 18.6. The summed E-state index contributed by atoms with van der Waals surface area (Å²) in [5.41, 5.74) is 0.861. The maximum Gasteiger partial charge on any atom is 0.338 e. The second kappa shape index (κ2) is 12.8. The van der Waals surface area contributed by atoms with E-state index in [1.807, 2.05) is 0 Å². The summed E-state index contributed by atoms with van der Waals surface area (Å²) in [6.07, 6.45) is 3.79. The number of nitro groups is 1. The van der Waals surface area contributed by atoms with Gasteiger partial charge in [0.1, 0.15) is 6.61 Å². The largest absolute Gasteiger partial charge is 0.493 e. The fourth-order valence-electron chi connectivity index (χ4n) is 4.41. The highest BCUT2D eigenvalue weighted by molar-refractivity contribution is 7.07. The van der Waals surface area contributed by atoms with Gasteiger partial charge >= 0.3 is 5.97 Å². The molecule has 0 saturated heterocycles. The number of nitrogens with zero attached hydrogens (tertiary/aromatic N) is 3. The molecule has 41 heavy (non-hydrogen) atoms. The van der Waals surface area contributed by atoms with Gasteiger partial charge in [-0.2, -0.15) is 0 Å². The van der Waals surface area contributed by atoms with E-state index in [2.05, 4.69) is 25.4 Å². The molecule has 214 valence electrons. The molecule has 0 N–H and O–H groups in total. The molecule has 1 aromatic heterocycles. The fraction of sp³-hybridized carbons (Fsp3) is 0.300. The molecule has 2 heterocycles. The molecule has 1 unspecified atom stereocenters. The number of carbonyl (C=O) groups is 1. The predicted octanol–water partition coefficient (Wildman–Crippen LogP) is 4.31. The molecule has 0 fully saturated rings. The lowest BCUT2D eigenvalue weighted by atomic mass is 9.95. The summed E-state index contributed by atoms with van der Waals surface area (Å²) in [6.45, 7) is 9.99. The van der Waals surface area contributed by atoms with Crippen molar-refractivity contribution in [1.82, 2.24) is 4.57 Å². The van der Waals surface area contributed by atoms with Crippen molar-refractivity contribution in [2.75, 3.05) is 20.3 Å². The molecule has 0 amide bonds. The van der Waals surface area contributed by atoms with Crippen LogP contribution in [0.15, 0.2) is 76.2 Å². The van der Waals surface area contributed by atoms with Crippen LogP contribution < -0.4 is 24.4 Å². The Morgan fingerprint density at radius 2 is 2.00 bits per heavy atom. The number of rotatable bonds is 11. The van der Waals surface area contributed by atoms with Crippen LogP contribution in [0.25, 0.3) is 6.08 Å². The molecular formula is C30H31N3O7S. The molecule has 0 spiro atoms. The van der Waals surface area contributed by atoms with Gasteiger partial charge in [0.05, 0.1) is 46.0 Å². The van der Waals surface area contributed by atoms with Crippen LogP contribution in [0.1, 0.15) is 44.4 Å². The number of aromatic nitrogens is 1.